The summed E-state index contributed by atoms with van der Waals surface area (Å²) in [5.74, 6) is -7.71. The Hall–Kier alpha value is -3.56. The number of phosphoric acid groups is 1. The van der Waals surface area contributed by atoms with Gasteiger partial charge in [0.2, 0.25) is 12.1 Å². The molecular formula is C27H39F2N4O15P. The lowest BCUT2D eigenvalue weighted by molar-refractivity contribution is -0.147. The Kier molecular flexibility index (Phi) is 16.6. The fourth-order valence-corrected chi connectivity index (χ4v) is 4.40. The molecule has 2 rings (SSSR count). The van der Waals surface area contributed by atoms with Crippen LogP contribution in [0.5, 0.6) is 0 Å². The number of hydrogen-bond acceptors (Lipinski definition) is 14. The van der Waals surface area contributed by atoms with E-state index in [0.29, 0.717) is 13.0 Å². The Balaban J connectivity index is 1.68. The van der Waals surface area contributed by atoms with E-state index in [1.165, 1.54) is 13.8 Å². The Morgan fingerprint density at radius 2 is 1.76 bits per heavy atom. The van der Waals surface area contributed by atoms with Gasteiger partial charge in [-0.3, -0.25) is 33.1 Å². The average Bonchev–Trinajstić information content (AvgIpc) is 3.23. The van der Waals surface area contributed by atoms with Crippen LogP contribution in [0.3, 0.4) is 0 Å². The number of hydrogen-bond donors (Lipinski definition) is 5. The number of nitrogens with zero attached hydrogens (tertiary/aromatic N) is 2. The number of carbonyl (C=O) groups is 5. The van der Waals surface area contributed by atoms with Gasteiger partial charge in [0.1, 0.15) is 23.5 Å². The molecule has 1 aromatic rings. The lowest BCUT2D eigenvalue weighted by Gasteiger charge is -2.21. The summed E-state index contributed by atoms with van der Waals surface area (Å²) in [6.07, 6.45) is -6.14. The zero-order valence-electron chi connectivity index (χ0n) is 26.6. The second-order valence-corrected chi connectivity index (χ2v) is 12.0. The van der Waals surface area contributed by atoms with E-state index in [4.69, 9.17) is 28.7 Å². The van der Waals surface area contributed by atoms with Crippen molar-refractivity contribution in [3.05, 3.63) is 22.7 Å². The molecule has 1 aliphatic rings. The van der Waals surface area contributed by atoms with Crippen molar-refractivity contribution in [2.75, 3.05) is 51.5 Å². The van der Waals surface area contributed by atoms with Gasteiger partial charge in [-0.05, 0) is 13.0 Å². The zero-order valence-corrected chi connectivity index (χ0v) is 27.5. The summed E-state index contributed by atoms with van der Waals surface area (Å²) in [5, 5.41) is 14.4. The maximum absolute atomic E-state index is 14.6. The minimum atomic E-state index is -5.07. The lowest BCUT2D eigenvalue weighted by atomic mass is 10.0. The second-order valence-electron chi connectivity index (χ2n) is 10.8. The molecule has 1 aromatic heterocycles. The molecule has 49 heavy (non-hydrogen) atoms. The fraction of sp³-hybridized carbons (Fsp3) is 0.667. The summed E-state index contributed by atoms with van der Waals surface area (Å²) in [6, 6.07) is 0.927. The van der Waals surface area contributed by atoms with Crippen LogP contribution in [0.25, 0.3) is 0 Å². The number of ketones is 2. The van der Waals surface area contributed by atoms with Gasteiger partial charge in [-0.15, -0.1) is 0 Å². The van der Waals surface area contributed by atoms with Crippen LogP contribution in [-0.4, -0.2) is 118 Å². The van der Waals surface area contributed by atoms with Crippen LogP contribution >= 0.6 is 7.82 Å². The van der Waals surface area contributed by atoms with Crippen LogP contribution in [0.15, 0.2) is 17.1 Å². The molecule has 4 atom stereocenters. The third-order valence-electron chi connectivity index (χ3n) is 6.61. The van der Waals surface area contributed by atoms with Crippen molar-refractivity contribution in [1.29, 1.82) is 0 Å². The third-order valence-corrected chi connectivity index (χ3v) is 7.09. The molecule has 19 nitrogen and oxygen atoms in total. The van der Waals surface area contributed by atoms with Gasteiger partial charge in [-0.1, -0.05) is 6.92 Å². The molecule has 5 N–H and O–H groups in total. The van der Waals surface area contributed by atoms with Crippen molar-refractivity contribution < 1.29 is 75.7 Å². The first kappa shape index (κ1) is 41.6. The quantitative estimate of drug-likeness (QED) is 0.0557. The number of halogens is 2. The molecule has 0 aromatic carbocycles. The highest BCUT2D eigenvalue weighted by Gasteiger charge is 2.60. The van der Waals surface area contributed by atoms with E-state index in [-0.39, 0.29) is 61.8 Å². The number of amides is 2. The number of aliphatic hydroxyl groups excluding tert-OH is 1. The molecule has 0 radical (unpaired) electrons. The van der Waals surface area contributed by atoms with E-state index < -0.39 is 80.6 Å². The van der Waals surface area contributed by atoms with E-state index >= 15 is 0 Å². The molecule has 1 fully saturated rings. The van der Waals surface area contributed by atoms with E-state index in [2.05, 4.69) is 20.1 Å². The molecule has 0 unspecified atom stereocenters. The predicted molar refractivity (Wildman–Crippen MR) is 159 cm³/mol. The molecule has 276 valence electrons. The van der Waals surface area contributed by atoms with Gasteiger partial charge >= 0.3 is 25.4 Å². The number of alkyl halides is 2. The van der Waals surface area contributed by atoms with Gasteiger partial charge in [-0.25, -0.2) is 9.36 Å². The van der Waals surface area contributed by atoms with Crippen molar-refractivity contribution >= 4 is 43.0 Å². The van der Waals surface area contributed by atoms with Gasteiger partial charge in [-0.2, -0.15) is 13.8 Å². The largest absolute Gasteiger partial charge is 0.469 e. The SMILES string of the molecule is CC(=O)CCOCCOCCC(=O)C[C@H](C)C(=O)NCCC(=O)OCC(=O)Nc1ccn([C@@H]2O[C@H](COP(=O)(O)O)[C@@H](O)C2(F)F)c(=O)n1. The smallest absolute Gasteiger partial charge is 0.456 e. The van der Waals surface area contributed by atoms with Crippen LogP contribution in [0, 0.1) is 5.92 Å². The molecule has 0 aliphatic carbocycles. The van der Waals surface area contributed by atoms with Crippen LogP contribution < -0.4 is 16.3 Å². The monoisotopic (exact) mass is 728 g/mol. The van der Waals surface area contributed by atoms with Crippen LogP contribution in [-0.2, 0) is 52.0 Å². The van der Waals surface area contributed by atoms with Crippen LogP contribution in [0.1, 0.15) is 45.8 Å². The van der Waals surface area contributed by atoms with Gasteiger partial charge in [0.05, 0.1) is 39.5 Å². The van der Waals surface area contributed by atoms with E-state index in [9.17, 15) is 47.2 Å². The van der Waals surface area contributed by atoms with Gasteiger partial charge < -0.3 is 44.5 Å². The summed E-state index contributed by atoms with van der Waals surface area (Å²) in [4.78, 5) is 92.6. The van der Waals surface area contributed by atoms with Gasteiger partial charge in [0.15, 0.2) is 12.7 Å². The topological polar surface area (TPSA) is 268 Å². The number of Topliss-reactive ketones (excluding diaryl/α,β-unsaturated/α-hetero) is 2. The molecule has 0 bridgehead atoms. The second kappa shape index (κ2) is 19.6. The summed E-state index contributed by atoms with van der Waals surface area (Å²) < 4.78 is 64.6. The molecular weight excluding hydrogens is 689 g/mol. The van der Waals surface area contributed by atoms with Crippen LogP contribution in [0.4, 0.5) is 14.6 Å². The van der Waals surface area contributed by atoms with E-state index in [0.717, 1.165) is 12.3 Å². The van der Waals surface area contributed by atoms with Crippen LogP contribution in [0.2, 0.25) is 0 Å². The van der Waals surface area contributed by atoms with Crippen molar-refractivity contribution in [1.82, 2.24) is 14.9 Å². The van der Waals surface area contributed by atoms with Crippen molar-refractivity contribution in [2.24, 2.45) is 5.92 Å². The fourth-order valence-electron chi connectivity index (χ4n) is 4.06. The Morgan fingerprint density at radius 1 is 1.10 bits per heavy atom. The number of esters is 1. The zero-order chi connectivity index (χ0) is 36.8. The minimum absolute atomic E-state index is 0.0168. The normalized spacial score (nSPS) is 19.2. The number of phosphoric ester groups is 1. The summed E-state index contributed by atoms with van der Waals surface area (Å²) in [7, 11) is -5.07. The Labute approximate surface area is 277 Å². The highest BCUT2D eigenvalue weighted by atomic mass is 31.2. The number of rotatable bonds is 22. The summed E-state index contributed by atoms with van der Waals surface area (Å²) in [6.45, 7) is 1.87. The molecule has 2 amide bonds. The summed E-state index contributed by atoms with van der Waals surface area (Å²) in [5.41, 5.74) is -1.35. The minimum Gasteiger partial charge on any atom is -0.456 e. The Bertz CT molecular complexity index is 1420. The maximum Gasteiger partial charge on any atom is 0.469 e. The highest BCUT2D eigenvalue weighted by Crippen LogP contribution is 2.44. The van der Waals surface area contributed by atoms with Crippen molar-refractivity contribution in [2.45, 2.75) is 63.9 Å². The first-order chi connectivity index (χ1) is 22.9. The number of anilines is 1. The molecule has 2 heterocycles. The van der Waals surface area contributed by atoms with Gasteiger partial charge in [0.25, 0.3) is 5.91 Å². The number of nitrogens with one attached hydrogen (secondary N) is 2. The number of carbonyl (C=O) groups excluding carboxylic acids is 5. The predicted octanol–water partition coefficient (Wildman–Crippen LogP) is -0.768. The van der Waals surface area contributed by atoms with E-state index in [1.807, 2.05) is 0 Å². The number of aromatic nitrogens is 2. The lowest BCUT2D eigenvalue weighted by Crippen LogP contribution is -2.42. The summed E-state index contributed by atoms with van der Waals surface area (Å²) >= 11 is 0. The number of aliphatic hydroxyl groups is 1. The third kappa shape index (κ3) is 14.8. The molecule has 0 spiro atoms. The van der Waals surface area contributed by atoms with Crippen molar-refractivity contribution in [3.63, 3.8) is 0 Å². The molecule has 1 aliphatic heterocycles. The molecule has 22 heteroatoms. The van der Waals surface area contributed by atoms with Crippen molar-refractivity contribution in [3.8, 4) is 0 Å². The standard InChI is InChI=1S/C27H39F2N4O15P/c1-16(13-18(35)6-10-45-12-11-44-9-5-17(2)34)24(39)30-7-3-22(37)46-15-21(36)31-20-4-8-33(26(40)32-20)25-27(28,29)23(38)19(48-25)14-47-49(41,42)43/h4,8,16,19,23,25,38H,3,5-7,9-15H2,1-2H3,(H,30,39)(H2,41,42,43)(H,31,32,36,40)/t16-,19+,23+,25+/m0/s1. The maximum atomic E-state index is 14.6. The highest BCUT2D eigenvalue weighted by molar-refractivity contribution is 7.46. The van der Waals surface area contributed by atoms with Gasteiger partial charge in [0, 0.05) is 37.9 Å². The molecule has 1 saturated heterocycles. The first-order valence-electron chi connectivity index (χ1n) is 14.8. The first-order valence-corrected chi connectivity index (χ1v) is 16.3. The Morgan fingerprint density at radius 3 is 2.37 bits per heavy atom. The number of ether oxygens (including phenoxy) is 4. The average molecular weight is 729 g/mol. The van der Waals surface area contributed by atoms with E-state index in [1.54, 1.807) is 0 Å². The molecule has 0 saturated carbocycles.